The Morgan fingerprint density at radius 3 is 2.59 bits per heavy atom. The molecule has 2 aromatic rings. The van der Waals surface area contributed by atoms with Crippen molar-refractivity contribution in [3.8, 4) is 11.3 Å². The van der Waals surface area contributed by atoms with Crippen LogP contribution in [0.4, 0.5) is 4.39 Å². The van der Waals surface area contributed by atoms with Crippen LogP contribution in [0.2, 0.25) is 0 Å². The van der Waals surface area contributed by atoms with Gasteiger partial charge < -0.3 is 13.9 Å². The van der Waals surface area contributed by atoms with Gasteiger partial charge in [-0.05, 0) is 43.3 Å². The highest BCUT2D eigenvalue weighted by molar-refractivity contribution is 5.90. The maximum atomic E-state index is 12.9. The molecule has 0 spiro atoms. The summed E-state index contributed by atoms with van der Waals surface area (Å²) in [5.41, 5.74) is 0.634. The van der Waals surface area contributed by atoms with Gasteiger partial charge in [-0.15, -0.1) is 0 Å². The number of cyclic esters (lactones) is 1. The summed E-state index contributed by atoms with van der Waals surface area (Å²) in [6.07, 6.45) is -0.839. The van der Waals surface area contributed by atoms with Crippen LogP contribution >= 0.6 is 0 Å². The van der Waals surface area contributed by atoms with E-state index in [2.05, 4.69) is 0 Å². The second-order valence-electron chi connectivity index (χ2n) is 5.05. The Hall–Kier alpha value is -2.63. The smallest absolute Gasteiger partial charge is 0.375 e. The summed E-state index contributed by atoms with van der Waals surface area (Å²) in [5.74, 6) is -1.25. The monoisotopic (exact) mass is 304 g/mol. The molecule has 2 heterocycles. The first-order chi connectivity index (χ1) is 10.5. The molecule has 114 valence electrons. The quantitative estimate of drug-likeness (QED) is 0.816. The Morgan fingerprint density at radius 2 is 1.95 bits per heavy atom. The Morgan fingerprint density at radius 1 is 1.23 bits per heavy atom. The van der Waals surface area contributed by atoms with Gasteiger partial charge in [0.05, 0.1) is 0 Å². The van der Waals surface area contributed by atoms with Gasteiger partial charge in [-0.1, -0.05) is 0 Å². The van der Waals surface area contributed by atoms with Crippen molar-refractivity contribution in [1.29, 1.82) is 0 Å². The molecule has 6 heteroatoms. The molecule has 0 N–H and O–H groups in total. The van der Waals surface area contributed by atoms with Crippen molar-refractivity contribution in [3.63, 3.8) is 0 Å². The predicted octanol–water partition coefficient (Wildman–Crippen LogP) is 2.95. The predicted molar refractivity (Wildman–Crippen MR) is 73.5 cm³/mol. The summed E-state index contributed by atoms with van der Waals surface area (Å²) in [6, 6.07) is 8.71. The van der Waals surface area contributed by atoms with Crippen LogP contribution in [-0.4, -0.2) is 24.1 Å². The minimum Gasteiger partial charge on any atom is -0.460 e. The highest BCUT2D eigenvalue weighted by atomic mass is 19.1. The van der Waals surface area contributed by atoms with E-state index in [1.54, 1.807) is 25.1 Å². The second-order valence-corrected chi connectivity index (χ2v) is 5.05. The fourth-order valence-electron chi connectivity index (χ4n) is 2.22. The molecule has 3 rings (SSSR count). The summed E-state index contributed by atoms with van der Waals surface area (Å²) in [5, 5.41) is 0. The molecule has 2 atom stereocenters. The van der Waals surface area contributed by atoms with Gasteiger partial charge in [0.2, 0.25) is 11.9 Å². The maximum absolute atomic E-state index is 12.9. The van der Waals surface area contributed by atoms with E-state index in [9.17, 15) is 14.0 Å². The average molecular weight is 304 g/mol. The first-order valence-corrected chi connectivity index (χ1v) is 6.80. The van der Waals surface area contributed by atoms with Crippen LogP contribution in [0.15, 0.2) is 40.8 Å². The molecule has 0 radical (unpaired) electrons. The lowest BCUT2D eigenvalue weighted by Crippen LogP contribution is -2.22. The van der Waals surface area contributed by atoms with Gasteiger partial charge in [-0.3, -0.25) is 0 Å². The molecule has 5 nitrogen and oxygen atoms in total. The molecule has 0 saturated carbocycles. The minimum atomic E-state index is -0.901. The third-order valence-electron chi connectivity index (χ3n) is 3.31. The number of carbonyl (C=O) groups excluding carboxylic acids is 2. The van der Waals surface area contributed by atoms with Crippen LogP contribution in [0, 0.1) is 5.82 Å². The summed E-state index contributed by atoms with van der Waals surface area (Å²) < 4.78 is 28.3. The number of halogens is 1. The Bertz CT molecular complexity index is 704. The molecular formula is C16H13FO5. The number of hydrogen-bond donors (Lipinski definition) is 0. The van der Waals surface area contributed by atoms with Crippen molar-refractivity contribution in [1.82, 2.24) is 0 Å². The molecule has 1 aromatic heterocycles. The normalized spacial score (nSPS) is 20.7. The van der Waals surface area contributed by atoms with Crippen molar-refractivity contribution >= 4 is 11.9 Å². The Kier molecular flexibility index (Phi) is 3.66. The van der Waals surface area contributed by atoms with Crippen LogP contribution in [0.25, 0.3) is 11.3 Å². The summed E-state index contributed by atoms with van der Waals surface area (Å²) in [4.78, 5) is 23.4. The number of benzene rings is 1. The van der Waals surface area contributed by atoms with E-state index in [4.69, 9.17) is 13.9 Å². The van der Waals surface area contributed by atoms with Crippen LogP contribution in [0.1, 0.15) is 23.9 Å². The molecule has 0 aliphatic carbocycles. The highest BCUT2D eigenvalue weighted by Crippen LogP contribution is 2.24. The molecule has 1 fully saturated rings. The molecule has 1 aliphatic heterocycles. The number of hydrogen-bond acceptors (Lipinski definition) is 5. The van der Waals surface area contributed by atoms with Crippen LogP contribution in [0.3, 0.4) is 0 Å². The van der Waals surface area contributed by atoms with Crippen molar-refractivity contribution < 1.29 is 27.9 Å². The minimum absolute atomic E-state index is 0.0216. The van der Waals surface area contributed by atoms with E-state index in [-0.39, 0.29) is 17.7 Å². The zero-order chi connectivity index (χ0) is 15.7. The lowest BCUT2D eigenvalue weighted by molar-refractivity contribution is -0.147. The molecule has 1 aliphatic rings. The van der Waals surface area contributed by atoms with E-state index >= 15 is 0 Å². The summed E-state index contributed by atoms with van der Waals surface area (Å²) in [6.45, 7) is 1.73. The van der Waals surface area contributed by atoms with Gasteiger partial charge in [0.25, 0.3) is 0 Å². The molecule has 1 aromatic carbocycles. The number of furan rings is 1. The maximum Gasteiger partial charge on any atom is 0.375 e. The molecule has 0 bridgehead atoms. The molecule has 22 heavy (non-hydrogen) atoms. The zero-order valence-electron chi connectivity index (χ0n) is 11.7. The first-order valence-electron chi connectivity index (χ1n) is 6.80. The number of ether oxygens (including phenoxy) is 2. The molecule has 0 amide bonds. The Balaban J connectivity index is 1.72. The van der Waals surface area contributed by atoms with Gasteiger partial charge in [-0.2, -0.15) is 0 Å². The van der Waals surface area contributed by atoms with E-state index in [1.165, 1.54) is 18.2 Å². The summed E-state index contributed by atoms with van der Waals surface area (Å²) in [7, 11) is 0. The number of esters is 2. The van der Waals surface area contributed by atoms with E-state index in [0.717, 1.165) is 0 Å². The van der Waals surface area contributed by atoms with E-state index in [0.29, 0.717) is 17.7 Å². The van der Waals surface area contributed by atoms with Crippen LogP contribution in [0.5, 0.6) is 0 Å². The molecule has 2 unspecified atom stereocenters. The fraction of sp³-hybridized carbons (Fsp3) is 0.250. The highest BCUT2D eigenvalue weighted by Gasteiger charge is 2.35. The third-order valence-corrected chi connectivity index (χ3v) is 3.31. The van der Waals surface area contributed by atoms with Crippen LogP contribution in [-0.2, 0) is 14.3 Å². The summed E-state index contributed by atoms with van der Waals surface area (Å²) >= 11 is 0. The van der Waals surface area contributed by atoms with Gasteiger partial charge in [-0.25, -0.2) is 14.0 Å². The van der Waals surface area contributed by atoms with Gasteiger partial charge in [0, 0.05) is 12.0 Å². The van der Waals surface area contributed by atoms with Crippen molar-refractivity contribution in [2.45, 2.75) is 25.6 Å². The fourth-order valence-corrected chi connectivity index (χ4v) is 2.22. The SMILES string of the molecule is CC1CC(OC(=O)c2ccc(-c3ccc(F)cc3)o2)C(=O)O1. The van der Waals surface area contributed by atoms with Gasteiger partial charge in [0.15, 0.2) is 0 Å². The van der Waals surface area contributed by atoms with Crippen molar-refractivity contribution in [2.75, 3.05) is 0 Å². The first kappa shape index (κ1) is 14.3. The van der Waals surface area contributed by atoms with Gasteiger partial charge in [0.1, 0.15) is 17.7 Å². The largest absolute Gasteiger partial charge is 0.460 e. The molecule has 1 saturated heterocycles. The van der Waals surface area contributed by atoms with Crippen LogP contribution < -0.4 is 0 Å². The Labute approximate surface area is 125 Å². The van der Waals surface area contributed by atoms with Crippen molar-refractivity contribution in [2.24, 2.45) is 0 Å². The lowest BCUT2D eigenvalue weighted by atomic mass is 10.2. The van der Waals surface area contributed by atoms with Gasteiger partial charge >= 0.3 is 11.9 Å². The number of rotatable bonds is 3. The van der Waals surface area contributed by atoms with Crippen molar-refractivity contribution in [3.05, 3.63) is 48.0 Å². The second kappa shape index (κ2) is 5.63. The number of carbonyl (C=O) groups is 2. The topological polar surface area (TPSA) is 65.7 Å². The van der Waals surface area contributed by atoms with E-state index in [1.807, 2.05) is 0 Å². The lowest BCUT2D eigenvalue weighted by Gasteiger charge is -2.06. The average Bonchev–Trinajstić information content (AvgIpc) is 3.07. The standard InChI is InChI=1S/C16H13FO5/c1-9-8-14(16(19)20-9)22-15(18)13-7-6-12(21-13)10-2-4-11(17)5-3-10/h2-7,9,14H,8H2,1H3. The molecular weight excluding hydrogens is 291 g/mol. The van der Waals surface area contributed by atoms with E-state index < -0.39 is 18.0 Å². The third kappa shape index (κ3) is 2.86. The zero-order valence-corrected chi connectivity index (χ0v) is 11.7.